The molecule has 3 nitrogen and oxygen atoms in total. The summed E-state index contributed by atoms with van der Waals surface area (Å²) in [6.45, 7) is 1.78. The lowest BCUT2D eigenvalue weighted by atomic mass is 9.91. The number of alkyl halides is 3. The quantitative estimate of drug-likeness (QED) is 0.340. The lowest BCUT2D eigenvalue weighted by Gasteiger charge is -2.35. The molecule has 0 heterocycles. The molecule has 3 rings (SSSR count). The predicted molar refractivity (Wildman–Crippen MR) is 128 cm³/mol. The van der Waals surface area contributed by atoms with Crippen LogP contribution in [0.3, 0.4) is 0 Å². The van der Waals surface area contributed by atoms with Crippen LogP contribution in [0, 0.1) is 5.92 Å². The zero-order valence-corrected chi connectivity index (χ0v) is 19.5. The Bertz CT molecular complexity index is 938. The van der Waals surface area contributed by atoms with Crippen LogP contribution in [0.5, 0.6) is 0 Å². The van der Waals surface area contributed by atoms with Crippen LogP contribution in [0.2, 0.25) is 0 Å². The third-order valence-electron chi connectivity index (χ3n) is 5.08. The number of aliphatic hydroxyl groups is 1. The predicted octanol–water partition coefficient (Wildman–Crippen LogP) is 5.61. The zero-order chi connectivity index (χ0) is 21.8. The second-order valence-corrected chi connectivity index (χ2v) is 12.0. The normalized spacial score (nSPS) is 15.4. The Balaban J connectivity index is 2.11. The molecular weight excluding hydrogens is 460 g/mol. The van der Waals surface area contributed by atoms with Crippen molar-refractivity contribution in [1.29, 1.82) is 0 Å². The van der Waals surface area contributed by atoms with E-state index in [-0.39, 0.29) is 0 Å². The van der Waals surface area contributed by atoms with Crippen LogP contribution in [-0.4, -0.2) is 15.0 Å². The molecule has 0 radical (unpaired) electrons. The molecule has 0 aliphatic heterocycles. The summed E-state index contributed by atoms with van der Waals surface area (Å²) >= 11 is 18.0. The van der Waals surface area contributed by atoms with E-state index in [1.54, 1.807) is 6.92 Å². The van der Waals surface area contributed by atoms with Gasteiger partial charge in [0.1, 0.15) is 6.10 Å². The van der Waals surface area contributed by atoms with Crippen molar-refractivity contribution in [3.05, 3.63) is 96.6 Å². The van der Waals surface area contributed by atoms with E-state index in [1.807, 2.05) is 91.0 Å². The Kier molecular flexibility index (Phi) is 7.68. The number of benzene rings is 3. The standard InChI is InChI=1S/C23H23Cl3NO2P/c1-17(22(28)23(24,25)26)21(18-11-5-2-6-12-18)27-30(29,19-13-7-3-8-14-19)20-15-9-4-10-16-20/h2-17,21-22,28H,1H3,(H,27,29)/t17-,21-,22-/m0/s1. The van der Waals surface area contributed by atoms with E-state index in [0.717, 1.165) is 5.56 Å². The topological polar surface area (TPSA) is 49.3 Å². The van der Waals surface area contributed by atoms with Gasteiger partial charge in [0, 0.05) is 22.6 Å². The smallest absolute Gasteiger partial charge is 0.216 e. The van der Waals surface area contributed by atoms with Gasteiger partial charge in [-0.05, 0) is 29.8 Å². The molecule has 0 unspecified atom stereocenters. The van der Waals surface area contributed by atoms with E-state index in [2.05, 4.69) is 5.09 Å². The molecule has 0 spiro atoms. The maximum Gasteiger partial charge on any atom is 0.216 e. The highest BCUT2D eigenvalue weighted by Crippen LogP contribution is 2.46. The maximum atomic E-state index is 14.5. The Morgan fingerprint density at radius 3 is 1.60 bits per heavy atom. The summed E-state index contributed by atoms with van der Waals surface area (Å²) in [4.78, 5) is 0. The second-order valence-electron chi connectivity index (χ2n) is 7.14. The number of hydrogen-bond donors (Lipinski definition) is 2. The van der Waals surface area contributed by atoms with Crippen molar-refractivity contribution >= 4 is 52.7 Å². The van der Waals surface area contributed by atoms with Gasteiger partial charge in [0.25, 0.3) is 0 Å². The molecule has 0 saturated heterocycles. The van der Waals surface area contributed by atoms with Gasteiger partial charge in [-0.3, -0.25) is 9.65 Å². The summed E-state index contributed by atoms with van der Waals surface area (Å²) in [5, 5.41) is 15.4. The molecule has 3 aromatic rings. The van der Waals surface area contributed by atoms with E-state index in [1.165, 1.54) is 0 Å². The van der Waals surface area contributed by atoms with Crippen LogP contribution < -0.4 is 15.7 Å². The lowest BCUT2D eigenvalue weighted by Crippen LogP contribution is -2.41. The number of aliphatic hydroxyl groups excluding tert-OH is 1. The Labute approximate surface area is 192 Å². The summed E-state index contributed by atoms with van der Waals surface area (Å²) in [6.07, 6.45) is -1.28. The average Bonchev–Trinajstić information content (AvgIpc) is 2.77. The van der Waals surface area contributed by atoms with Gasteiger partial charge in [-0.25, -0.2) is 0 Å². The van der Waals surface area contributed by atoms with Crippen LogP contribution in [0.4, 0.5) is 0 Å². The molecule has 0 amide bonds. The summed E-state index contributed by atoms with van der Waals surface area (Å²) < 4.78 is 12.6. The second kappa shape index (κ2) is 9.87. The highest BCUT2D eigenvalue weighted by atomic mass is 35.6. The maximum absolute atomic E-state index is 14.5. The van der Waals surface area contributed by atoms with E-state index in [9.17, 15) is 9.67 Å². The molecule has 0 aromatic heterocycles. The van der Waals surface area contributed by atoms with Crippen LogP contribution in [0.15, 0.2) is 91.0 Å². The first kappa shape index (κ1) is 23.3. The third-order valence-corrected chi connectivity index (χ3v) is 8.44. The van der Waals surface area contributed by atoms with Crippen molar-refractivity contribution in [3.63, 3.8) is 0 Å². The molecule has 0 aliphatic rings. The fraction of sp³-hybridized carbons (Fsp3) is 0.217. The molecule has 7 heteroatoms. The number of rotatable bonds is 7. The molecule has 3 atom stereocenters. The Hall–Kier alpha value is -1.32. The molecule has 158 valence electrons. The highest BCUT2D eigenvalue weighted by Gasteiger charge is 2.41. The fourth-order valence-corrected chi connectivity index (χ4v) is 6.56. The van der Waals surface area contributed by atoms with Crippen LogP contribution >= 0.6 is 42.1 Å². The van der Waals surface area contributed by atoms with Gasteiger partial charge in [-0.1, -0.05) is 108 Å². The Morgan fingerprint density at radius 2 is 1.20 bits per heavy atom. The highest BCUT2D eigenvalue weighted by molar-refractivity contribution is 7.76. The monoisotopic (exact) mass is 481 g/mol. The molecule has 0 aliphatic carbocycles. The zero-order valence-electron chi connectivity index (χ0n) is 16.3. The summed E-state index contributed by atoms with van der Waals surface area (Å²) in [7, 11) is -3.28. The molecule has 0 bridgehead atoms. The van der Waals surface area contributed by atoms with E-state index in [0.29, 0.717) is 10.6 Å². The largest absolute Gasteiger partial charge is 0.388 e. The SMILES string of the molecule is C[C@@H]([C@H](NP(=O)(c1ccccc1)c1ccccc1)c1ccccc1)[C@H](O)C(Cl)(Cl)Cl. The molecule has 30 heavy (non-hydrogen) atoms. The van der Waals surface area contributed by atoms with Crippen LogP contribution in [0.25, 0.3) is 0 Å². The summed E-state index contributed by atoms with van der Waals surface area (Å²) in [5.74, 6) is -0.555. The van der Waals surface area contributed by atoms with Crippen molar-refractivity contribution in [3.8, 4) is 0 Å². The molecule has 0 saturated carbocycles. The van der Waals surface area contributed by atoms with Crippen molar-refractivity contribution in [2.75, 3.05) is 0 Å². The van der Waals surface area contributed by atoms with Gasteiger partial charge >= 0.3 is 0 Å². The van der Waals surface area contributed by atoms with Crippen molar-refractivity contribution < 1.29 is 9.67 Å². The van der Waals surface area contributed by atoms with Crippen LogP contribution in [-0.2, 0) is 4.57 Å². The van der Waals surface area contributed by atoms with Gasteiger partial charge in [0.15, 0.2) is 0 Å². The number of hydrogen-bond acceptors (Lipinski definition) is 2. The van der Waals surface area contributed by atoms with Gasteiger partial charge < -0.3 is 5.11 Å². The van der Waals surface area contributed by atoms with Gasteiger partial charge in [0.05, 0.1) is 0 Å². The summed E-state index contributed by atoms with van der Waals surface area (Å²) in [6, 6.07) is 27.4. The van der Waals surface area contributed by atoms with Crippen molar-refractivity contribution in [2.45, 2.75) is 22.9 Å². The van der Waals surface area contributed by atoms with E-state index in [4.69, 9.17) is 34.8 Å². The van der Waals surface area contributed by atoms with Crippen molar-refractivity contribution in [2.24, 2.45) is 5.92 Å². The summed E-state index contributed by atoms with van der Waals surface area (Å²) in [5.41, 5.74) is 0.838. The lowest BCUT2D eigenvalue weighted by molar-refractivity contribution is 0.102. The average molecular weight is 483 g/mol. The minimum absolute atomic E-state index is 0.539. The number of nitrogens with one attached hydrogen (secondary N) is 1. The first-order valence-electron chi connectivity index (χ1n) is 9.52. The minimum atomic E-state index is -3.28. The third kappa shape index (κ3) is 5.29. The van der Waals surface area contributed by atoms with Gasteiger partial charge in [-0.15, -0.1) is 0 Å². The molecule has 0 fully saturated rings. The fourth-order valence-electron chi connectivity index (χ4n) is 3.41. The van der Waals surface area contributed by atoms with E-state index >= 15 is 0 Å². The van der Waals surface area contributed by atoms with E-state index < -0.39 is 29.1 Å². The Morgan fingerprint density at radius 1 is 0.800 bits per heavy atom. The van der Waals surface area contributed by atoms with Crippen molar-refractivity contribution in [1.82, 2.24) is 5.09 Å². The number of halogens is 3. The van der Waals surface area contributed by atoms with Gasteiger partial charge in [-0.2, -0.15) is 0 Å². The molecule has 2 N–H and O–H groups in total. The minimum Gasteiger partial charge on any atom is -0.388 e. The molecule has 3 aromatic carbocycles. The first-order valence-corrected chi connectivity index (χ1v) is 12.4. The first-order chi connectivity index (χ1) is 14.2. The van der Waals surface area contributed by atoms with Gasteiger partial charge in [0.2, 0.25) is 11.1 Å². The molecular formula is C23H23Cl3NO2P. The van der Waals surface area contributed by atoms with Crippen LogP contribution in [0.1, 0.15) is 18.5 Å².